The summed E-state index contributed by atoms with van der Waals surface area (Å²) in [5.41, 5.74) is 8.63. The van der Waals surface area contributed by atoms with Crippen molar-refractivity contribution >= 4 is 46.4 Å². The van der Waals surface area contributed by atoms with Gasteiger partial charge in [0.2, 0.25) is 5.91 Å². The van der Waals surface area contributed by atoms with E-state index in [1.807, 2.05) is 43.3 Å². The van der Waals surface area contributed by atoms with Crippen molar-refractivity contribution in [1.29, 1.82) is 0 Å². The Balaban J connectivity index is 1.18. The number of carbonyl (C=O) groups excluding carboxylic acids is 4. The molecule has 1 aromatic carbocycles. The first-order chi connectivity index (χ1) is 31.1. The maximum Gasteiger partial charge on any atom is 0.320 e. The molecule has 0 aliphatic carbocycles. The van der Waals surface area contributed by atoms with E-state index in [1.165, 1.54) is 16.3 Å². The summed E-state index contributed by atoms with van der Waals surface area (Å²) in [6, 6.07) is 8.63. The number of ether oxygens (including phenoxy) is 2. The molecule has 3 saturated heterocycles. The van der Waals surface area contributed by atoms with Gasteiger partial charge in [-0.05, 0) is 93.7 Å². The van der Waals surface area contributed by atoms with Crippen LogP contribution in [0.15, 0.2) is 41.9 Å². The minimum absolute atomic E-state index is 0.0544. The van der Waals surface area contributed by atoms with E-state index in [0.717, 1.165) is 77.0 Å². The van der Waals surface area contributed by atoms with E-state index < -0.39 is 23.5 Å². The lowest BCUT2D eigenvalue weighted by atomic mass is 9.84. The number of nitrogens with zero attached hydrogens (tertiary/aromatic N) is 7. The Hall–Kier alpha value is -4.74. The molecule has 65 heavy (non-hydrogen) atoms. The first kappa shape index (κ1) is 46.8. The molecular formula is C49H67N9O6S. The molecule has 4 aromatic rings. The highest BCUT2D eigenvalue weighted by atomic mass is 32.1. The van der Waals surface area contributed by atoms with Crippen LogP contribution in [0.2, 0.25) is 0 Å². The highest BCUT2D eigenvalue weighted by molar-refractivity contribution is 7.10. The van der Waals surface area contributed by atoms with Crippen LogP contribution in [0.3, 0.4) is 0 Å². The third kappa shape index (κ3) is 9.21. The lowest BCUT2D eigenvalue weighted by Gasteiger charge is -2.42. The molecule has 4 amide bonds. The molecule has 3 aromatic heterocycles. The zero-order valence-corrected chi connectivity index (χ0v) is 40.4. The number of aryl methyl sites for hydroxylation is 1. The number of nitrogens with one attached hydrogen (secondary N) is 2. The predicted molar refractivity (Wildman–Crippen MR) is 252 cm³/mol. The minimum atomic E-state index is -1.16. The topological polar surface area (TPSA) is 154 Å². The van der Waals surface area contributed by atoms with Crippen LogP contribution in [-0.4, -0.2) is 143 Å². The first-order valence-electron chi connectivity index (χ1n) is 23.3. The fourth-order valence-corrected chi connectivity index (χ4v) is 11.7. The maximum absolute atomic E-state index is 14.8. The number of aldehydes is 1. The van der Waals surface area contributed by atoms with Gasteiger partial charge in [0, 0.05) is 86.9 Å². The molecule has 1 unspecified atom stereocenters. The quantitative estimate of drug-likeness (QED) is 0.193. The Morgan fingerprint density at radius 1 is 1.15 bits per heavy atom. The van der Waals surface area contributed by atoms with Gasteiger partial charge in [0.25, 0.3) is 5.91 Å². The number of thiazole rings is 1. The molecule has 4 aliphatic heterocycles. The van der Waals surface area contributed by atoms with E-state index in [4.69, 9.17) is 19.4 Å². The molecule has 15 nitrogen and oxygen atoms in total. The molecule has 16 heteroatoms. The Kier molecular flexibility index (Phi) is 13.6. The van der Waals surface area contributed by atoms with Crippen LogP contribution < -0.4 is 10.7 Å². The SMILES string of the molecule is CCn1c(-c2cccnc2[C@H](C)OC)c2c3cc(ccc31)-c1csc(n1)C[C@H](NC(=O)[C@H](C(C)C)N(C)C(=O)N1CC[C@@H]3CN(C)C[C@@H]31)C(=O)N1CCCC(C=O)(COCC(C)(C)C2)N1. The van der Waals surface area contributed by atoms with E-state index in [1.54, 1.807) is 19.1 Å². The molecule has 0 saturated carbocycles. The molecule has 3 fully saturated rings. The lowest BCUT2D eigenvalue weighted by molar-refractivity contribution is -0.147. The lowest BCUT2D eigenvalue weighted by Crippen LogP contribution is -2.66. The van der Waals surface area contributed by atoms with E-state index in [9.17, 15) is 19.2 Å². The number of pyridine rings is 1. The van der Waals surface area contributed by atoms with Crippen molar-refractivity contribution in [2.45, 2.75) is 110 Å². The van der Waals surface area contributed by atoms with Gasteiger partial charge in [0.05, 0.1) is 47.4 Å². The fourth-order valence-electron chi connectivity index (χ4n) is 10.8. The van der Waals surface area contributed by atoms with Crippen molar-refractivity contribution in [3.8, 4) is 22.5 Å². The molecule has 0 radical (unpaired) electrons. The van der Waals surface area contributed by atoms with Gasteiger partial charge in [-0.2, -0.15) is 0 Å². The summed E-state index contributed by atoms with van der Waals surface area (Å²) >= 11 is 1.44. The van der Waals surface area contributed by atoms with E-state index in [0.29, 0.717) is 49.9 Å². The molecular weight excluding hydrogens is 843 g/mol. The summed E-state index contributed by atoms with van der Waals surface area (Å²) in [5, 5.41) is 8.35. The Bertz CT molecular complexity index is 2410. The van der Waals surface area contributed by atoms with Crippen molar-refractivity contribution in [3.63, 3.8) is 0 Å². The third-order valence-electron chi connectivity index (χ3n) is 14.1. The van der Waals surface area contributed by atoms with E-state index in [-0.39, 0.29) is 48.4 Å². The van der Waals surface area contributed by atoms with Gasteiger partial charge in [-0.3, -0.25) is 19.6 Å². The summed E-state index contributed by atoms with van der Waals surface area (Å²) in [5.74, 6) is -0.620. The van der Waals surface area contributed by atoms with Gasteiger partial charge < -0.3 is 38.9 Å². The van der Waals surface area contributed by atoms with Gasteiger partial charge in [-0.25, -0.2) is 15.2 Å². The second-order valence-electron chi connectivity index (χ2n) is 19.9. The number of aromatic nitrogens is 3. The van der Waals surface area contributed by atoms with Crippen LogP contribution in [-0.2, 0) is 43.2 Å². The average molecular weight is 910 g/mol. The van der Waals surface area contributed by atoms with Crippen molar-refractivity contribution in [1.82, 2.24) is 45.0 Å². The van der Waals surface area contributed by atoms with Crippen molar-refractivity contribution < 1.29 is 28.7 Å². The fraction of sp³-hybridized carbons (Fsp3) is 0.592. The molecule has 7 heterocycles. The maximum atomic E-state index is 14.8. The number of methoxy groups -OCH3 is 1. The summed E-state index contributed by atoms with van der Waals surface area (Å²) < 4.78 is 14.7. The smallest absolute Gasteiger partial charge is 0.320 e. The van der Waals surface area contributed by atoms with Crippen LogP contribution in [0, 0.1) is 17.3 Å². The predicted octanol–water partition coefficient (Wildman–Crippen LogP) is 5.96. The number of hydrogen-bond donors (Lipinski definition) is 2. The molecule has 0 spiro atoms. The number of hydrogen-bond acceptors (Lipinski definition) is 11. The van der Waals surface area contributed by atoms with E-state index in [2.05, 4.69) is 72.3 Å². The normalized spacial score (nSPS) is 24.8. The molecule has 6 atom stereocenters. The second kappa shape index (κ2) is 18.9. The summed E-state index contributed by atoms with van der Waals surface area (Å²) in [4.78, 5) is 72.3. The van der Waals surface area contributed by atoms with E-state index >= 15 is 0 Å². The number of benzene rings is 1. The highest BCUT2D eigenvalue weighted by Crippen LogP contribution is 2.42. The van der Waals surface area contributed by atoms with Gasteiger partial charge in [-0.1, -0.05) is 33.8 Å². The average Bonchev–Trinajstić information content (AvgIpc) is 4.07. The number of carbonyl (C=O) groups is 4. The van der Waals surface area contributed by atoms with Crippen LogP contribution in [0.5, 0.6) is 0 Å². The van der Waals surface area contributed by atoms with Crippen LogP contribution >= 0.6 is 11.3 Å². The van der Waals surface area contributed by atoms with Gasteiger partial charge >= 0.3 is 6.03 Å². The Morgan fingerprint density at radius 2 is 1.95 bits per heavy atom. The molecule has 4 aliphatic rings. The van der Waals surface area contributed by atoms with Crippen molar-refractivity contribution in [2.75, 3.05) is 60.6 Å². The van der Waals surface area contributed by atoms with Crippen LogP contribution in [0.1, 0.15) is 83.2 Å². The van der Waals surface area contributed by atoms with Gasteiger partial charge in [0.15, 0.2) is 0 Å². The van der Waals surface area contributed by atoms with Gasteiger partial charge in [-0.15, -0.1) is 11.3 Å². The number of urea groups is 1. The molecule has 6 bridgehead atoms. The number of likely N-dealkylation sites (N-methyl/N-ethyl adjacent to an activating group) is 2. The molecule has 350 valence electrons. The Labute approximate surface area is 387 Å². The zero-order chi connectivity index (χ0) is 46.4. The standard InChI is InChI=1S/C49H67N9O6S/c1-10-56-39-15-14-32-21-35(39)36(44(56)34-13-11-18-50-42(34)31(4)63-9)23-48(5,6)28-64-29-49(27-59)17-12-19-58(53-49)46(61)37(22-41-51-38(32)26-65-41)52-45(60)43(30(2)3)55(8)47(62)57-20-16-33-24-54(7)25-40(33)57/h11,13-15,18,21,26-27,30-31,33,37,40,43,53H,10,12,16-17,19-20,22-25,28-29H2,1-9H3,(H,52,60)/t31-,33+,37-,40-,43-,49?/m0/s1. The second-order valence-corrected chi connectivity index (χ2v) is 20.9. The van der Waals surface area contributed by atoms with Crippen molar-refractivity contribution in [2.24, 2.45) is 17.3 Å². The minimum Gasteiger partial charge on any atom is -0.378 e. The monoisotopic (exact) mass is 909 g/mol. The van der Waals surface area contributed by atoms with Gasteiger partial charge in [0.1, 0.15) is 23.9 Å². The summed E-state index contributed by atoms with van der Waals surface area (Å²) in [6.07, 6.45) is 5.17. The number of fused-ring (bicyclic) bond motifs is 7. The molecule has 2 N–H and O–H groups in total. The largest absolute Gasteiger partial charge is 0.378 e. The Morgan fingerprint density at radius 3 is 2.69 bits per heavy atom. The zero-order valence-electron chi connectivity index (χ0n) is 39.6. The first-order valence-corrected chi connectivity index (χ1v) is 24.2. The number of hydrazine groups is 1. The van der Waals surface area contributed by atoms with Crippen LogP contribution in [0.25, 0.3) is 33.4 Å². The number of amides is 4. The summed E-state index contributed by atoms with van der Waals surface area (Å²) in [7, 11) is 5.48. The highest BCUT2D eigenvalue weighted by Gasteiger charge is 2.46. The molecule has 8 rings (SSSR count). The summed E-state index contributed by atoms with van der Waals surface area (Å²) in [6.45, 7) is 16.3. The van der Waals surface area contributed by atoms with Crippen molar-refractivity contribution in [3.05, 3.63) is 58.2 Å². The number of likely N-dealkylation sites (tertiary alicyclic amines) is 2. The van der Waals surface area contributed by atoms with Crippen LogP contribution in [0.4, 0.5) is 4.79 Å². The number of rotatable bonds is 9. The third-order valence-corrected chi connectivity index (χ3v) is 15.0.